The van der Waals surface area contributed by atoms with Crippen LogP contribution in [0, 0.1) is 6.92 Å². The van der Waals surface area contributed by atoms with Gasteiger partial charge in [0.25, 0.3) is 5.91 Å². The van der Waals surface area contributed by atoms with Gasteiger partial charge in [-0.05, 0) is 60.5 Å². The molecule has 1 aromatic heterocycles. The molecule has 0 N–H and O–H groups in total. The summed E-state index contributed by atoms with van der Waals surface area (Å²) in [5.41, 5.74) is 3.01. The maximum atomic E-state index is 12.9. The van der Waals surface area contributed by atoms with Crippen LogP contribution in [0.25, 0.3) is 22.1 Å². The standard InChI is InChI=1S/C28H23NO7/c1-16-24(34-14-23(30)18-6-10-25-22(12-18)29(2)26(31)15-35-25)11-9-20-21(13-27(32)36-28(16)20)17-4-7-19(33-3)8-5-17/h4-13H,14-15H2,1-3H3. The van der Waals surface area contributed by atoms with Crippen molar-refractivity contribution in [3.05, 3.63) is 82.2 Å². The van der Waals surface area contributed by atoms with Crippen LogP contribution in [-0.2, 0) is 4.79 Å². The third kappa shape index (κ3) is 4.17. The highest BCUT2D eigenvalue weighted by Gasteiger charge is 2.23. The summed E-state index contributed by atoms with van der Waals surface area (Å²) in [6, 6.07) is 17.3. The maximum absolute atomic E-state index is 12.9. The number of likely N-dealkylation sites (N-methyl/N-ethyl adjacent to an activating group) is 1. The molecule has 4 aromatic rings. The quantitative estimate of drug-likeness (QED) is 0.295. The van der Waals surface area contributed by atoms with Gasteiger partial charge in [0.15, 0.2) is 19.0 Å². The topological polar surface area (TPSA) is 95.3 Å². The average molecular weight is 485 g/mol. The minimum Gasteiger partial charge on any atom is -0.497 e. The molecule has 1 aliphatic rings. The summed E-state index contributed by atoms with van der Waals surface area (Å²) in [4.78, 5) is 38.6. The Bertz CT molecular complexity index is 1550. The molecule has 0 unspecified atom stereocenters. The number of carbonyl (C=O) groups is 2. The van der Waals surface area contributed by atoms with Gasteiger partial charge in [0.05, 0.1) is 12.8 Å². The van der Waals surface area contributed by atoms with Gasteiger partial charge in [-0.25, -0.2) is 4.79 Å². The Morgan fingerprint density at radius 3 is 2.56 bits per heavy atom. The minimum absolute atomic E-state index is 0.0303. The van der Waals surface area contributed by atoms with Crippen LogP contribution in [0.15, 0.2) is 69.9 Å². The molecule has 1 amide bonds. The molecular weight excluding hydrogens is 462 g/mol. The molecule has 8 nitrogen and oxygen atoms in total. The zero-order valence-corrected chi connectivity index (χ0v) is 20.0. The predicted octanol–water partition coefficient (Wildman–Crippen LogP) is 4.39. The van der Waals surface area contributed by atoms with E-state index in [0.29, 0.717) is 39.6 Å². The monoisotopic (exact) mass is 485 g/mol. The lowest BCUT2D eigenvalue weighted by atomic mass is 10.00. The number of ether oxygens (including phenoxy) is 3. The number of methoxy groups -OCH3 is 1. The lowest BCUT2D eigenvalue weighted by Gasteiger charge is -2.26. The van der Waals surface area contributed by atoms with Crippen LogP contribution in [0.5, 0.6) is 17.2 Å². The van der Waals surface area contributed by atoms with Crippen molar-refractivity contribution in [3.8, 4) is 28.4 Å². The van der Waals surface area contributed by atoms with Gasteiger partial charge in [0.2, 0.25) is 0 Å². The summed E-state index contributed by atoms with van der Waals surface area (Å²) < 4.78 is 22.0. The number of fused-ring (bicyclic) bond motifs is 2. The Hall–Kier alpha value is -4.59. The van der Waals surface area contributed by atoms with E-state index in [-0.39, 0.29) is 24.9 Å². The molecule has 182 valence electrons. The van der Waals surface area contributed by atoms with Gasteiger partial charge in [-0.2, -0.15) is 0 Å². The molecule has 0 radical (unpaired) electrons. The van der Waals surface area contributed by atoms with E-state index in [2.05, 4.69) is 0 Å². The van der Waals surface area contributed by atoms with E-state index < -0.39 is 5.63 Å². The second-order valence-corrected chi connectivity index (χ2v) is 8.41. The number of hydrogen-bond donors (Lipinski definition) is 0. The Balaban J connectivity index is 1.41. The van der Waals surface area contributed by atoms with E-state index in [1.807, 2.05) is 24.3 Å². The summed E-state index contributed by atoms with van der Waals surface area (Å²) in [5.74, 6) is 1.23. The Morgan fingerprint density at radius 2 is 1.81 bits per heavy atom. The number of hydrogen-bond acceptors (Lipinski definition) is 7. The van der Waals surface area contributed by atoms with Crippen molar-refractivity contribution in [1.82, 2.24) is 0 Å². The molecule has 0 saturated carbocycles. The minimum atomic E-state index is -0.486. The van der Waals surface area contributed by atoms with Gasteiger partial charge in [-0.3, -0.25) is 9.59 Å². The summed E-state index contributed by atoms with van der Waals surface area (Å²) in [6.07, 6.45) is 0. The normalized spacial score (nSPS) is 12.8. The van der Waals surface area contributed by atoms with Crippen molar-refractivity contribution in [3.63, 3.8) is 0 Å². The van der Waals surface area contributed by atoms with Crippen molar-refractivity contribution in [2.75, 3.05) is 32.3 Å². The molecule has 0 spiro atoms. The van der Waals surface area contributed by atoms with Crippen LogP contribution in [0.4, 0.5) is 5.69 Å². The molecule has 0 saturated heterocycles. The molecule has 1 aliphatic heterocycles. The van der Waals surface area contributed by atoms with E-state index in [0.717, 1.165) is 16.5 Å². The zero-order chi connectivity index (χ0) is 25.4. The molecule has 36 heavy (non-hydrogen) atoms. The van der Waals surface area contributed by atoms with Crippen LogP contribution in [0.1, 0.15) is 15.9 Å². The second kappa shape index (κ2) is 9.22. The van der Waals surface area contributed by atoms with Gasteiger partial charge < -0.3 is 23.5 Å². The van der Waals surface area contributed by atoms with Crippen LogP contribution in [-0.4, -0.2) is 39.1 Å². The van der Waals surface area contributed by atoms with Crippen LogP contribution < -0.4 is 24.7 Å². The predicted molar refractivity (Wildman–Crippen MR) is 134 cm³/mol. The maximum Gasteiger partial charge on any atom is 0.336 e. The van der Waals surface area contributed by atoms with E-state index in [4.69, 9.17) is 18.6 Å². The van der Waals surface area contributed by atoms with Gasteiger partial charge in [-0.15, -0.1) is 0 Å². The third-order valence-electron chi connectivity index (χ3n) is 6.24. The van der Waals surface area contributed by atoms with Crippen LogP contribution >= 0.6 is 0 Å². The van der Waals surface area contributed by atoms with Crippen molar-refractivity contribution in [1.29, 1.82) is 0 Å². The number of Topliss-reactive ketones (excluding diaryl/α,β-unsaturated/α-hetero) is 1. The summed E-state index contributed by atoms with van der Waals surface area (Å²) in [7, 11) is 3.23. The summed E-state index contributed by atoms with van der Waals surface area (Å²) in [5, 5.41) is 0.748. The Morgan fingerprint density at radius 1 is 1.03 bits per heavy atom. The molecule has 0 bridgehead atoms. The first-order valence-corrected chi connectivity index (χ1v) is 11.3. The molecule has 8 heteroatoms. The van der Waals surface area contributed by atoms with Crippen molar-refractivity contribution >= 4 is 28.3 Å². The lowest BCUT2D eigenvalue weighted by molar-refractivity contribution is -0.120. The van der Waals surface area contributed by atoms with Gasteiger partial charge >= 0.3 is 5.63 Å². The number of ketones is 1. The molecule has 3 aromatic carbocycles. The molecule has 0 aliphatic carbocycles. The molecular formula is C28H23NO7. The third-order valence-corrected chi connectivity index (χ3v) is 6.24. The van der Waals surface area contributed by atoms with E-state index in [9.17, 15) is 14.4 Å². The fourth-order valence-corrected chi connectivity index (χ4v) is 4.18. The van der Waals surface area contributed by atoms with Crippen LogP contribution in [0.3, 0.4) is 0 Å². The fraction of sp³-hybridized carbons (Fsp3) is 0.179. The SMILES string of the molecule is COc1ccc(-c2cc(=O)oc3c(C)c(OCC(=O)c4ccc5c(c4)N(C)C(=O)CO5)ccc23)cc1. The highest BCUT2D eigenvalue weighted by Crippen LogP contribution is 2.34. The molecule has 2 heterocycles. The average Bonchev–Trinajstić information content (AvgIpc) is 2.90. The number of amides is 1. The van der Waals surface area contributed by atoms with Gasteiger partial charge in [0, 0.05) is 29.6 Å². The molecule has 0 fully saturated rings. The zero-order valence-electron chi connectivity index (χ0n) is 20.0. The van der Waals surface area contributed by atoms with Gasteiger partial charge in [-0.1, -0.05) is 12.1 Å². The highest BCUT2D eigenvalue weighted by molar-refractivity contribution is 6.02. The van der Waals surface area contributed by atoms with Crippen molar-refractivity contribution < 1.29 is 28.2 Å². The molecule has 5 rings (SSSR count). The van der Waals surface area contributed by atoms with E-state index in [1.54, 1.807) is 51.4 Å². The highest BCUT2D eigenvalue weighted by atomic mass is 16.5. The number of anilines is 1. The first kappa shape index (κ1) is 23.2. The van der Waals surface area contributed by atoms with Crippen molar-refractivity contribution in [2.24, 2.45) is 0 Å². The van der Waals surface area contributed by atoms with E-state index >= 15 is 0 Å². The number of rotatable bonds is 6. The fourth-order valence-electron chi connectivity index (χ4n) is 4.18. The Labute approximate surface area is 206 Å². The number of benzene rings is 3. The summed E-state index contributed by atoms with van der Waals surface area (Å²) >= 11 is 0. The second-order valence-electron chi connectivity index (χ2n) is 8.41. The largest absolute Gasteiger partial charge is 0.497 e. The smallest absolute Gasteiger partial charge is 0.336 e. The number of nitrogens with zero attached hydrogens (tertiary/aromatic N) is 1. The molecule has 0 atom stereocenters. The van der Waals surface area contributed by atoms with Crippen LogP contribution in [0.2, 0.25) is 0 Å². The van der Waals surface area contributed by atoms with E-state index in [1.165, 1.54) is 11.0 Å². The van der Waals surface area contributed by atoms with Crippen molar-refractivity contribution in [2.45, 2.75) is 6.92 Å². The number of carbonyl (C=O) groups excluding carboxylic acids is 2. The lowest BCUT2D eigenvalue weighted by Crippen LogP contribution is -2.35. The summed E-state index contributed by atoms with van der Waals surface area (Å²) in [6.45, 7) is 1.52. The van der Waals surface area contributed by atoms with Gasteiger partial charge in [0.1, 0.15) is 22.8 Å². The first-order chi connectivity index (χ1) is 17.4. The first-order valence-electron chi connectivity index (χ1n) is 11.3. The number of aryl methyl sites for hydroxylation is 1. The Kier molecular flexibility index (Phi) is 5.93.